The van der Waals surface area contributed by atoms with E-state index in [2.05, 4.69) is 15.2 Å². The molecule has 1 aliphatic rings. The number of halogens is 1. The predicted octanol–water partition coefficient (Wildman–Crippen LogP) is 4.83. The van der Waals surface area contributed by atoms with Crippen molar-refractivity contribution in [3.05, 3.63) is 70.6 Å². The van der Waals surface area contributed by atoms with Crippen molar-refractivity contribution in [3.8, 4) is 11.5 Å². The second kappa shape index (κ2) is 10.7. The van der Waals surface area contributed by atoms with Crippen molar-refractivity contribution in [2.75, 3.05) is 38.1 Å². The minimum atomic E-state index is -0.376. The lowest BCUT2D eigenvalue weighted by Crippen LogP contribution is -2.49. The van der Waals surface area contributed by atoms with Crippen molar-refractivity contribution < 1.29 is 18.7 Å². The van der Waals surface area contributed by atoms with Crippen LogP contribution in [0.25, 0.3) is 11.5 Å². The normalized spacial score (nSPS) is 14.1. The minimum absolute atomic E-state index is 0.163. The van der Waals surface area contributed by atoms with Crippen molar-refractivity contribution in [1.82, 2.24) is 14.8 Å². The third-order valence-electron chi connectivity index (χ3n) is 5.64. The molecule has 1 N–H and O–H groups in total. The van der Waals surface area contributed by atoms with Crippen LogP contribution in [-0.2, 0) is 11.3 Å². The van der Waals surface area contributed by atoms with Crippen molar-refractivity contribution in [3.63, 3.8) is 0 Å². The van der Waals surface area contributed by atoms with Gasteiger partial charge in [0.05, 0.1) is 17.9 Å². The van der Waals surface area contributed by atoms with E-state index in [1.54, 1.807) is 36.1 Å². The van der Waals surface area contributed by atoms with E-state index in [9.17, 15) is 9.59 Å². The zero-order valence-electron chi connectivity index (χ0n) is 19.2. The number of aryl methyl sites for hydroxylation is 1. The first-order valence-corrected chi connectivity index (χ1v) is 11.6. The molecule has 1 aliphatic heterocycles. The largest absolute Gasteiger partial charge is 0.462 e. The molecular weight excluding hydrogens is 456 g/mol. The molecule has 3 aromatic rings. The Bertz CT molecular complexity index is 1150. The van der Waals surface area contributed by atoms with E-state index < -0.39 is 0 Å². The van der Waals surface area contributed by atoms with Crippen LogP contribution in [0.1, 0.15) is 28.7 Å². The molecule has 34 heavy (non-hydrogen) atoms. The van der Waals surface area contributed by atoms with Crippen LogP contribution in [0, 0.1) is 6.92 Å². The Balaban J connectivity index is 1.29. The second-order valence-corrected chi connectivity index (χ2v) is 8.46. The zero-order valence-corrected chi connectivity index (χ0v) is 20.0. The fourth-order valence-electron chi connectivity index (χ4n) is 3.75. The highest BCUT2D eigenvalue weighted by molar-refractivity contribution is 6.30. The Hall–Kier alpha value is -3.36. The third-order valence-corrected chi connectivity index (χ3v) is 5.88. The molecule has 0 aliphatic carbocycles. The average Bonchev–Trinajstić information content (AvgIpc) is 3.20. The summed E-state index contributed by atoms with van der Waals surface area (Å²) in [5, 5.41) is 3.53. The Morgan fingerprint density at radius 1 is 1.12 bits per heavy atom. The molecule has 2 amide bonds. The van der Waals surface area contributed by atoms with Gasteiger partial charge in [0.1, 0.15) is 5.76 Å². The molecule has 1 fully saturated rings. The number of carbonyl (C=O) groups is 2. The number of carbonyl (C=O) groups excluding carboxylic acids is 2. The van der Waals surface area contributed by atoms with E-state index in [1.165, 1.54) is 0 Å². The van der Waals surface area contributed by atoms with Gasteiger partial charge in [0, 0.05) is 49.0 Å². The van der Waals surface area contributed by atoms with Gasteiger partial charge >= 0.3 is 12.0 Å². The molecule has 4 rings (SSSR count). The van der Waals surface area contributed by atoms with Crippen molar-refractivity contribution in [1.29, 1.82) is 0 Å². The maximum absolute atomic E-state index is 12.7. The Kier molecular flexibility index (Phi) is 7.49. The fourth-order valence-corrected chi connectivity index (χ4v) is 3.94. The van der Waals surface area contributed by atoms with Gasteiger partial charge in [0.25, 0.3) is 0 Å². The lowest BCUT2D eigenvalue weighted by Gasteiger charge is -2.34. The molecule has 0 saturated carbocycles. The van der Waals surface area contributed by atoms with Crippen molar-refractivity contribution in [2.24, 2.45) is 0 Å². The Morgan fingerprint density at radius 3 is 2.53 bits per heavy atom. The van der Waals surface area contributed by atoms with Crippen LogP contribution >= 0.6 is 11.6 Å². The van der Waals surface area contributed by atoms with E-state index in [0.717, 1.165) is 30.1 Å². The van der Waals surface area contributed by atoms with Gasteiger partial charge in [0.15, 0.2) is 0 Å². The molecule has 0 spiro atoms. The fraction of sp³-hybridized carbons (Fsp3) is 0.320. The van der Waals surface area contributed by atoms with Crippen LogP contribution in [-0.4, -0.2) is 59.6 Å². The maximum Gasteiger partial charge on any atom is 0.338 e. The summed E-state index contributed by atoms with van der Waals surface area (Å²) >= 11 is 6.08. The van der Waals surface area contributed by atoms with E-state index in [-0.39, 0.29) is 12.0 Å². The van der Waals surface area contributed by atoms with Gasteiger partial charge in [0.2, 0.25) is 5.89 Å². The molecule has 0 unspecified atom stereocenters. The number of oxazole rings is 1. The molecule has 2 heterocycles. The first kappa shape index (κ1) is 23.8. The Morgan fingerprint density at radius 2 is 1.85 bits per heavy atom. The van der Waals surface area contributed by atoms with Crippen LogP contribution in [0.4, 0.5) is 10.5 Å². The van der Waals surface area contributed by atoms with E-state index >= 15 is 0 Å². The van der Waals surface area contributed by atoms with Gasteiger partial charge in [-0.05, 0) is 56.3 Å². The molecular formula is C25H27ClN4O4. The SMILES string of the molecule is CCOC(=O)c1ccc(NC(=O)N2CCN(Cc3nc(-c4cccc(Cl)c4)oc3C)CC2)cc1. The van der Waals surface area contributed by atoms with Gasteiger partial charge in [-0.1, -0.05) is 17.7 Å². The quantitative estimate of drug-likeness (QED) is 0.506. The van der Waals surface area contributed by atoms with Gasteiger partial charge in [-0.25, -0.2) is 14.6 Å². The number of urea groups is 1. The maximum atomic E-state index is 12.7. The predicted molar refractivity (Wildman–Crippen MR) is 130 cm³/mol. The monoisotopic (exact) mass is 482 g/mol. The summed E-state index contributed by atoms with van der Waals surface area (Å²) in [6.07, 6.45) is 0. The molecule has 0 radical (unpaired) electrons. The number of rotatable bonds is 6. The summed E-state index contributed by atoms with van der Waals surface area (Å²) in [4.78, 5) is 33.1. The number of piperazine rings is 1. The first-order valence-electron chi connectivity index (χ1n) is 11.2. The first-order chi connectivity index (χ1) is 16.4. The summed E-state index contributed by atoms with van der Waals surface area (Å²) in [7, 11) is 0. The third kappa shape index (κ3) is 5.76. The van der Waals surface area contributed by atoms with Gasteiger partial charge in [-0.2, -0.15) is 0 Å². The number of anilines is 1. The molecule has 2 aromatic carbocycles. The highest BCUT2D eigenvalue weighted by Gasteiger charge is 2.23. The smallest absolute Gasteiger partial charge is 0.338 e. The molecule has 9 heteroatoms. The van der Waals surface area contributed by atoms with E-state index in [0.29, 0.717) is 48.4 Å². The summed E-state index contributed by atoms with van der Waals surface area (Å²) in [5.74, 6) is 0.960. The number of hydrogen-bond acceptors (Lipinski definition) is 6. The molecule has 1 saturated heterocycles. The van der Waals surface area contributed by atoms with E-state index in [4.69, 9.17) is 20.8 Å². The lowest BCUT2D eigenvalue weighted by atomic mass is 10.2. The van der Waals surface area contributed by atoms with Crippen LogP contribution in [0.5, 0.6) is 0 Å². The molecule has 178 valence electrons. The number of benzene rings is 2. The molecule has 8 nitrogen and oxygen atoms in total. The topological polar surface area (TPSA) is 87.9 Å². The van der Waals surface area contributed by atoms with Gasteiger partial charge in [-0.15, -0.1) is 0 Å². The number of amides is 2. The van der Waals surface area contributed by atoms with Crippen molar-refractivity contribution >= 4 is 29.3 Å². The lowest BCUT2D eigenvalue weighted by molar-refractivity contribution is 0.0526. The van der Waals surface area contributed by atoms with Crippen LogP contribution in [0.2, 0.25) is 5.02 Å². The number of esters is 1. The van der Waals surface area contributed by atoms with E-state index in [1.807, 2.05) is 31.2 Å². The number of ether oxygens (including phenoxy) is 1. The second-order valence-electron chi connectivity index (χ2n) is 8.02. The molecule has 0 bridgehead atoms. The van der Waals surface area contributed by atoms with Gasteiger partial charge < -0.3 is 19.4 Å². The number of hydrogen-bond donors (Lipinski definition) is 1. The van der Waals surface area contributed by atoms with Crippen LogP contribution in [0.3, 0.4) is 0 Å². The van der Waals surface area contributed by atoms with Crippen LogP contribution in [0.15, 0.2) is 52.9 Å². The number of nitrogens with one attached hydrogen (secondary N) is 1. The highest BCUT2D eigenvalue weighted by Crippen LogP contribution is 2.25. The molecule has 0 atom stereocenters. The summed E-state index contributed by atoms with van der Waals surface area (Å²) < 4.78 is 10.8. The standard InChI is InChI=1S/C25H27ClN4O4/c1-3-33-24(31)18-7-9-21(10-8-18)27-25(32)30-13-11-29(12-14-30)16-22-17(2)34-23(28-22)19-5-4-6-20(26)15-19/h4-10,15H,3,11-14,16H2,1-2H3,(H,27,32). The minimum Gasteiger partial charge on any atom is -0.462 e. The van der Waals surface area contributed by atoms with Gasteiger partial charge in [-0.3, -0.25) is 4.90 Å². The zero-order chi connectivity index (χ0) is 24.1. The highest BCUT2D eigenvalue weighted by atomic mass is 35.5. The number of nitrogens with zero attached hydrogens (tertiary/aromatic N) is 3. The Labute approximate surface area is 203 Å². The molecule has 1 aromatic heterocycles. The van der Waals surface area contributed by atoms with Crippen molar-refractivity contribution in [2.45, 2.75) is 20.4 Å². The van der Waals surface area contributed by atoms with Crippen LogP contribution < -0.4 is 5.32 Å². The summed E-state index contributed by atoms with van der Waals surface area (Å²) in [6, 6.07) is 14.0. The summed E-state index contributed by atoms with van der Waals surface area (Å²) in [5.41, 5.74) is 2.82. The summed E-state index contributed by atoms with van der Waals surface area (Å²) in [6.45, 7) is 7.31. The average molecular weight is 483 g/mol. The number of aromatic nitrogens is 1.